The zero-order chi connectivity index (χ0) is 19.1. The fourth-order valence-electron chi connectivity index (χ4n) is 3.42. The molecule has 1 aliphatic heterocycles. The van der Waals surface area contributed by atoms with Crippen molar-refractivity contribution in [2.75, 3.05) is 6.54 Å². The number of unbranched alkanes of at least 4 members (excludes halogenated alkanes) is 2. The van der Waals surface area contributed by atoms with E-state index in [9.17, 15) is 9.59 Å². The fraction of sp³-hybridized carbons (Fsp3) is 0.476. The summed E-state index contributed by atoms with van der Waals surface area (Å²) in [6.07, 6.45) is 5.97. The standard InChI is InChI=1S/C21H28N4O2/c1-2-3-8-13-22-20(26)18-17-12-7-9-14-25(17)19(24-18)21(27)23-15-16-10-5-4-6-11-16/h4-6,10-11H,2-3,7-9,12-15H2,1H3,(H,22,26)(H,23,27). The molecule has 0 saturated heterocycles. The van der Waals surface area contributed by atoms with Crippen molar-refractivity contribution in [3.8, 4) is 0 Å². The van der Waals surface area contributed by atoms with Gasteiger partial charge in [0.2, 0.25) is 0 Å². The zero-order valence-corrected chi connectivity index (χ0v) is 16.0. The first kappa shape index (κ1) is 19.1. The molecule has 144 valence electrons. The molecule has 2 heterocycles. The maximum absolute atomic E-state index is 12.7. The van der Waals surface area contributed by atoms with Gasteiger partial charge in [-0.2, -0.15) is 0 Å². The SMILES string of the molecule is CCCCCNC(=O)c1nc(C(=O)NCc2ccccc2)n2c1CCCC2. The van der Waals surface area contributed by atoms with Gasteiger partial charge in [0.05, 0.1) is 5.69 Å². The summed E-state index contributed by atoms with van der Waals surface area (Å²) >= 11 is 0. The number of rotatable bonds is 8. The highest BCUT2D eigenvalue weighted by Crippen LogP contribution is 2.21. The van der Waals surface area contributed by atoms with E-state index < -0.39 is 0 Å². The van der Waals surface area contributed by atoms with Gasteiger partial charge in [0.1, 0.15) is 5.69 Å². The van der Waals surface area contributed by atoms with Gasteiger partial charge in [-0.1, -0.05) is 50.1 Å². The highest BCUT2D eigenvalue weighted by molar-refractivity contribution is 5.97. The normalized spacial score (nSPS) is 13.1. The van der Waals surface area contributed by atoms with Gasteiger partial charge in [0, 0.05) is 19.6 Å². The molecular weight excluding hydrogens is 340 g/mol. The van der Waals surface area contributed by atoms with Crippen LogP contribution in [0.5, 0.6) is 0 Å². The van der Waals surface area contributed by atoms with Crippen LogP contribution in [0.1, 0.15) is 71.4 Å². The molecule has 0 aliphatic carbocycles. The van der Waals surface area contributed by atoms with E-state index >= 15 is 0 Å². The topological polar surface area (TPSA) is 76.0 Å². The van der Waals surface area contributed by atoms with Crippen molar-refractivity contribution in [3.63, 3.8) is 0 Å². The average Bonchev–Trinajstić information content (AvgIpc) is 3.10. The van der Waals surface area contributed by atoms with Crippen molar-refractivity contribution in [1.29, 1.82) is 0 Å². The van der Waals surface area contributed by atoms with Crippen LogP contribution in [-0.2, 0) is 19.5 Å². The van der Waals surface area contributed by atoms with E-state index in [2.05, 4.69) is 22.5 Å². The van der Waals surface area contributed by atoms with Crippen LogP contribution in [0.3, 0.4) is 0 Å². The predicted octanol–water partition coefficient (Wildman–Crippen LogP) is 3.07. The first-order valence-electron chi connectivity index (χ1n) is 9.90. The summed E-state index contributed by atoms with van der Waals surface area (Å²) in [4.78, 5) is 29.7. The Bertz CT molecular complexity index is 783. The predicted molar refractivity (Wildman–Crippen MR) is 105 cm³/mol. The summed E-state index contributed by atoms with van der Waals surface area (Å²) in [7, 11) is 0. The number of imidazole rings is 1. The second-order valence-corrected chi connectivity index (χ2v) is 6.97. The molecule has 2 N–H and O–H groups in total. The molecule has 6 heteroatoms. The molecule has 3 rings (SSSR count). The minimum atomic E-state index is -0.230. The third kappa shape index (κ3) is 4.76. The molecule has 6 nitrogen and oxygen atoms in total. The minimum absolute atomic E-state index is 0.168. The number of nitrogens with zero attached hydrogens (tertiary/aromatic N) is 2. The molecule has 0 fully saturated rings. The Morgan fingerprint density at radius 1 is 1.07 bits per heavy atom. The number of amides is 2. The largest absolute Gasteiger partial charge is 0.351 e. The van der Waals surface area contributed by atoms with Gasteiger partial charge in [-0.05, 0) is 31.2 Å². The Hall–Kier alpha value is -2.63. The summed E-state index contributed by atoms with van der Waals surface area (Å²) in [5.41, 5.74) is 2.33. The lowest BCUT2D eigenvalue weighted by Crippen LogP contribution is -2.27. The lowest BCUT2D eigenvalue weighted by atomic mass is 10.1. The van der Waals surface area contributed by atoms with E-state index in [4.69, 9.17) is 0 Å². The van der Waals surface area contributed by atoms with Crippen molar-refractivity contribution in [2.45, 2.75) is 58.5 Å². The minimum Gasteiger partial charge on any atom is -0.351 e. The summed E-state index contributed by atoms with van der Waals surface area (Å²) in [6, 6.07) is 9.77. The molecule has 27 heavy (non-hydrogen) atoms. The second-order valence-electron chi connectivity index (χ2n) is 6.97. The highest BCUT2D eigenvalue weighted by atomic mass is 16.2. The Balaban J connectivity index is 1.72. The number of hydrogen-bond acceptors (Lipinski definition) is 3. The van der Waals surface area contributed by atoms with Gasteiger partial charge >= 0.3 is 0 Å². The third-order valence-corrected chi connectivity index (χ3v) is 4.90. The van der Waals surface area contributed by atoms with E-state index in [-0.39, 0.29) is 11.8 Å². The molecule has 2 aromatic rings. The highest BCUT2D eigenvalue weighted by Gasteiger charge is 2.27. The van der Waals surface area contributed by atoms with Crippen molar-refractivity contribution in [3.05, 3.63) is 53.1 Å². The number of fused-ring (bicyclic) bond motifs is 1. The van der Waals surface area contributed by atoms with Crippen molar-refractivity contribution in [1.82, 2.24) is 20.2 Å². The Morgan fingerprint density at radius 3 is 2.67 bits per heavy atom. The number of benzene rings is 1. The maximum Gasteiger partial charge on any atom is 0.287 e. The van der Waals surface area contributed by atoms with Gasteiger partial charge in [-0.25, -0.2) is 4.98 Å². The smallest absolute Gasteiger partial charge is 0.287 e. The van der Waals surface area contributed by atoms with E-state index in [1.165, 1.54) is 0 Å². The van der Waals surface area contributed by atoms with E-state index in [1.54, 1.807) is 0 Å². The third-order valence-electron chi connectivity index (χ3n) is 4.90. The first-order chi connectivity index (χ1) is 13.2. The maximum atomic E-state index is 12.7. The van der Waals surface area contributed by atoms with Crippen LogP contribution in [0.2, 0.25) is 0 Å². The van der Waals surface area contributed by atoms with E-state index in [0.29, 0.717) is 24.6 Å². The molecular formula is C21H28N4O2. The van der Waals surface area contributed by atoms with E-state index in [0.717, 1.165) is 56.3 Å². The monoisotopic (exact) mass is 368 g/mol. The summed E-state index contributed by atoms with van der Waals surface area (Å²) in [5.74, 6) is -0.0507. The van der Waals surface area contributed by atoms with Crippen LogP contribution in [0, 0.1) is 0 Å². The van der Waals surface area contributed by atoms with Crippen molar-refractivity contribution < 1.29 is 9.59 Å². The molecule has 0 unspecified atom stereocenters. The molecule has 0 atom stereocenters. The molecule has 1 aromatic heterocycles. The van der Waals surface area contributed by atoms with Crippen molar-refractivity contribution in [2.24, 2.45) is 0 Å². The lowest BCUT2D eigenvalue weighted by molar-refractivity contribution is 0.0935. The second kappa shape index (κ2) is 9.35. The summed E-state index contributed by atoms with van der Waals surface area (Å²) in [5, 5.41) is 5.87. The molecule has 1 aromatic carbocycles. The average molecular weight is 368 g/mol. The number of carbonyl (C=O) groups excluding carboxylic acids is 2. The summed E-state index contributed by atoms with van der Waals surface area (Å²) < 4.78 is 1.92. The lowest BCUT2D eigenvalue weighted by Gasteiger charge is -2.17. The van der Waals surface area contributed by atoms with Crippen LogP contribution in [0.4, 0.5) is 0 Å². The fourth-order valence-corrected chi connectivity index (χ4v) is 3.42. The summed E-state index contributed by atoms with van der Waals surface area (Å²) in [6.45, 7) is 3.96. The Labute approximate surface area is 160 Å². The number of carbonyl (C=O) groups is 2. The number of nitrogens with one attached hydrogen (secondary N) is 2. The van der Waals surface area contributed by atoms with Crippen molar-refractivity contribution >= 4 is 11.8 Å². The molecule has 0 bridgehead atoms. The molecule has 0 saturated carbocycles. The molecule has 2 amide bonds. The zero-order valence-electron chi connectivity index (χ0n) is 16.0. The van der Waals surface area contributed by atoms with Gasteiger partial charge in [-0.3, -0.25) is 9.59 Å². The Morgan fingerprint density at radius 2 is 1.89 bits per heavy atom. The van der Waals surface area contributed by atoms with E-state index in [1.807, 2.05) is 34.9 Å². The van der Waals surface area contributed by atoms with Gasteiger partial charge in [0.15, 0.2) is 5.82 Å². The molecule has 0 spiro atoms. The Kier molecular flexibility index (Phi) is 6.63. The molecule has 1 aliphatic rings. The first-order valence-corrected chi connectivity index (χ1v) is 9.90. The van der Waals surface area contributed by atoms with Gasteiger partial charge < -0.3 is 15.2 Å². The van der Waals surface area contributed by atoms with Crippen LogP contribution >= 0.6 is 0 Å². The van der Waals surface area contributed by atoms with Crippen LogP contribution in [-0.4, -0.2) is 27.9 Å². The quantitative estimate of drug-likeness (QED) is 0.703. The number of hydrogen-bond donors (Lipinski definition) is 2. The van der Waals surface area contributed by atoms with Crippen LogP contribution < -0.4 is 10.6 Å². The molecule has 0 radical (unpaired) electrons. The van der Waals surface area contributed by atoms with Gasteiger partial charge in [0.25, 0.3) is 11.8 Å². The van der Waals surface area contributed by atoms with Gasteiger partial charge in [-0.15, -0.1) is 0 Å². The number of aromatic nitrogens is 2. The van der Waals surface area contributed by atoms with Crippen LogP contribution in [0.15, 0.2) is 30.3 Å². The van der Waals surface area contributed by atoms with Crippen LogP contribution in [0.25, 0.3) is 0 Å².